The lowest BCUT2D eigenvalue weighted by atomic mass is 10.3. The number of amides is 2. The summed E-state index contributed by atoms with van der Waals surface area (Å²) in [6, 6.07) is 11.9. The smallest absolute Gasteiger partial charge is 0.326 e. The van der Waals surface area contributed by atoms with Gasteiger partial charge < -0.3 is 9.67 Å². The summed E-state index contributed by atoms with van der Waals surface area (Å²) >= 11 is 0. The molecule has 4 aromatic rings. The molecule has 0 saturated heterocycles. The predicted molar refractivity (Wildman–Crippen MR) is 103 cm³/mol. The number of hydrogen-bond acceptors (Lipinski definition) is 6. The average molecular weight is 378 g/mol. The van der Waals surface area contributed by atoms with Crippen molar-refractivity contribution in [2.24, 2.45) is 0 Å². The molecule has 0 saturated carbocycles. The van der Waals surface area contributed by atoms with Gasteiger partial charge in [-0.3, -0.25) is 10.6 Å². The third-order valence-electron chi connectivity index (χ3n) is 4.14. The highest BCUT2D eigenvalue weighted by atomic mass is 16.3. The zero-order valence-corrected chi connectivity index (χ0v) is 15.0. The number of carbonyl (C=O) groups excluding carboxylic acids is 1. The van der Waals surface area contributed by atoms with E-state index in [0.717, 1.165) is 5.52 Å². The van der Waals surface area contributed by atoms with Crippen molar-refractivity contribution in [1.82, 2.24) is 29.4 Å². The number of carbonyl (C=O) groups is 1. The van der Waals surface area contributed by atoms with E-state index in [4.69, 9.17) is 0 Å². The number of pyridine rings is 2. The average Bonchev–Trinajstić information content (AvgIpc) is 3.34. The summed E-state index contributed by atoms with van der Waals surface area (Å²) < 4.78 is 3.40. The van der Waals surface area contributed by atoms with Crippen molar-refractivity contribution in [3.63, 3.8) is 0 Å². The monoisotopic (exact) mass is 378 g/mol. The molecule has 10 nitrogen and oxygen atoms in total. The lowest BCUT2D eigenvalue weighted by molar-refractivity contribution is 0.239. The van der Waals surface area contributed by atoms with E-state index in [9.17, 15) is 9.90 Å². The van der Waals surface area contributed by atoms with Gasteiger partial charge in [-0.1, -0.05) is 12.1 Å². The minimum absolute atomic E-state index is 0.0512. The molecule has 2 amide bonds. The molecular weight excluding hydrogens is 360 g/mol. The lowest BCUT2D eigenvalue weighted by Crippen LogP contribution is -2.20. The topological polar surface area (TPSA) is 122 Å². The Bertz CT molecular complexity index is 1090. The number of anilines is 2. The number of fused-ring (bicyclic) bond motifs is 1. The first-order valence-corrected chi connectivity index (χ1v) is 8.64. The van der Waals surface area contributed by atoms with Crippen LogP contribution in [0, 0.1) is 0 Å². The summed E-state index contributed by atoms with van der Waals surface area (Å²) in [5.74, 6) is 1.28. The third-order valence-corrected chi connectivity index (χ3v) is 4.14. The molecular formula is C18H18N8O2. The molecule has 0 spiro atoms. The summed E-state index contributed by atoms with van der Waals surface area (Å²) in [6.07, 6.45) is 3.33. The second-order valence-corrected chi connectivity index (χ2v) is 6.18. The third kappa shape index (κ3) is 3.53. The normalized spacial score (nSPS) is 12.1. The van der Waals surface area contributed by atoms with E-state index in [-0.39, 0.29) is 12.6 Å². The Kier molecular flexibility index (Phi) is 4.68. The molecule has 0 aliphatic rings. The molecule has 0 aromatic carbocycles. The molecule has 4 rings (SSSR count). The van der Waals surface area contributed by atoms with E-state index < -0.39 is 6.03 Å². The summed E-state index contributed by atoms with van der Waals surface area (Å²) in [5.41, 5.74) is 1.40. The van der Waals surface area contributed by atoms with Crippen LogP contribution < -0.4 is 10.6 Å². The van der Waals surface area contributed by atoms with Crippen LogP contribution in [0.4, 0.5) is 16.4 Å². The zero-order valence-electron chi connectivity index (χ0n) is 15.0. The van der Waals surface area contributed by atoms with Gasteiger partial charge >= 0.3 is 6.03 Å². The number of nitrogens with one attached hydrogen (secondary N) is 2. The molecule has 0 aliphatic heterocycles. The van der Waals surface area contributed by atoms with Crippen LogP contribution in [0.2, 0.25) is 0 Å². The van der Waals surface area contributed by atoms with Crippen molar-refractivity contribution in [3.8, 4) is 11.5 Å². The van der Waals surface area contributed by atoms with E-state index in [1.54, 1.807) is 39.5 Å². The van der Waals surface area contributed by atoms with E-state index in [0.29, 0.717) is 23.2 Å². The van der Waals surface area contributed by atoms with Gasteiger partial charge in [0.25, 0.3) is 0 Å². The van der Waals surface area contributed by atoms with Crippen LogP contribution in [0.3, 0.4) is 0 Å². The molecule has 0 radical (unpaired) electrons. The zero-order chi connectivity index (χ0) is 19.5. The van der Waals surface area contributed by atoms with Gasteiger partial charge in [0, 0.05) is 12.3 Å². The standard InChI is InChI=1S/C18H18N8O2/c1-12(10-27)25-11-19-23-17(25)14-6-4-7-15(20-14)21-18(28)22-16-9-13-5-2-3-8-26(13)24-16/h2-9,11-12,27H,10H2,1H3,(H2,20,21,22,24,28)/t12-/m1/s1. The fraction of sp³-hybridized carbons (Fsp3) is 0.167. The minimum Gasteiger partial charge on any atom is -0.394 e. The highest BCUT2D eigenvalue weighted by Gasteiger charge is 2.14. The van der Waals surface area contributed by atoms with Crippen molar-refractivity contribution in [2.45, 2.75) is 13.0 Å². The van der Waals surface area contributed by atoms with Crippen LogP contribution in [-0.2, 0) is 0 Å². The summed E-state index contributed by atoms with van der Waals surface area (Å²) in [5, 5.41) is 27.0. The first kappa shape index (κ1) is 17.6. The van der Waals surface area contributed by atoms with E-state index in [1.807, 2.05) is 25.1 Å². The second kappa shape index (κ2) is 7.45. The first-order valence-electron chi connectivity index (χ1n) is 8.64. The minimum atomic E-state index is -0.460. The quantitative estimate of drug-likeness (QED) is 0.489. The summed E-state index contributed by atoms with van der Waals surface area (Å²) in [7, 11) is 0. The Labute approximate surface area is 159 Å². The van der Waals surface area contributed by atoms with Gasteiger partial charge in [-0.25, -0.2) is 14.3 Å². The number of aromatic nitrogens is 6. The molecule has 0 fully saturated rings. The fourth-order valence-electron chi connectivity index (χ4n) is 2.73. The molecule has 0 bridgehead atoms. The van der Waals surface area contributed by atoms with Crippen LogP contribution in [-0.4, -0.2) is 47.1 Å². The number of aliphatic hydroxyl groups is 1. The van der Waals surface area contributed by atoms with Crippen LogP contribution in [0.15, 0.2) is 55.0 Å². The van der Waals surface area contributed by atoms with Crippen molar-refractivity contribution < 1.29 is 9.90 Å². The largest absolute Gasteiger partial charge is 0.394 e. The molecule has 3 N–H and O–H groups in total. The highest BCUT2D eigenvalue weighted by Crippen LogP contribution is 2.20. The van der Waals surface area contributed by atoms with E-state index in [1.165, 1.54) is 6.33 Å². The number of nitrogens with zero attached hydrogens (tertiary/aromatic N) is 6. The molecule has 142 valence electrons. The predicted octanol–water partition coefficient (Wildman–Crippen LogP) is 2.19. The maximum absolute atomic E-state index is 12.3. The molecule has 0 unspecified atom stereocenters. The van der Waals surface area contributed by atoms with Gasteiger partial charge in [0.1, 0.15) is 17.8 Å². The van der Waals surface area contributed by atoms with Crippen LogP contribution in [0.25, 0.3) is 17.0 Å². The maximum Gasteiger partial charge on any atom is 0.326 e. The Morgan fingerprint density at radius 2 is 2.04 bits per heavy atom. The van der Waals surface area contributed by atoms with E-state index >= 15 is 0 Å². The number of aliphatic hydroxyl groups excluding tert-OH is 1. The fourth-order valence-corrected chi connectivity index (χ4v) is 2.73. The Hall–Kier alpha value is -3.79. The van der Waals surface area contributed by atoms with Crippen LogP contribution in [0.1, 0.15) is 13.0 Å². The second-order valence-electron chi connectivity index (χ2n) is 6.18. The molecule has 1 atom stereocenters. The molecule has 28 heavy (non-hydrogen) atoms. The first-order chi connectivity index (χ1) is 13.6. The van der Waals surface area contributed by atoms with Gasteiger partial charge in [0.2, 0.25) is 0 Å². The summed E-state index contributed by atoms with van der Waals surface area (Å²) in [6.45, 7) is 1.79. The molecule has 10 heteroatoms. The van der Waals surface area contributed by atoms with Crippen LogP contribution >= 0.6 is 0 Å². The molecule has 4 aromatic heterocycles. The van der Waals surface area contributed by atoms with Gasteiger partial charge in [0.15, 0.2) is 11.6 Å². The maximum atomic E-state index is 12.3. The Balaban J connectivity index is 1.50. The summed E-state index contributed by atoms with van der Waals surface area (Å²) in [4.78, 5) is 16.7. The SMILES string of the molecule is C[C@H](CO)n1cnnc1-c1cccc(NC(=O)Nc2cc3ccccn3n2)n1. The lowest BCUT2D eigenvalue weighted by Gasteiger charge is -2.12. The number of rotatable bonds is 5. The Morgan fingerprint density at radius 3 is 2.86 bits per heavy atom. The van der Waals surface area contributed by atoms with Gasteiger partial charge in [0.05, 0.1) is 18.2 Å². The molecule has 4 heterocycles. The van der Waals surface area contributed by atoms with Crippen molar-refractivity contribution in [1.29, 1.82) is 0 Å². The Morgan fingerprint density at radius 1 is 1.18 bits per heavy atom. The van der Waals surface area contributed by atoms with Crippen molar-refractivity contribution >= 4 is 23.2 Å². The van der Waals surface area contributed by atoms with Crippen molar-refractivity contribution in [3.05, 3.63) is 55.0 Å². The highest BCUT2D eigenvalue weighted by molar-refractivity contribution is 5.99. The van der Waals surface area contributed by atoms with Gasteiger partial charge in [-0.15, -0.1) is 15.3 Å². The van der Waals surface area contributed by atoms with Crippen molar-refractivity contribution in [2.75, 3.05) is 17.2 Å². The van der Waals surface area contributed by atoms with Gasteiger partial charge in [-0.05, 0) is 31.2 Å². The van der Waals surface area contributed by atoms with Crippen LogP contribution in [0.5, 0.6) is 0 Å². The number of hydrogen-bond donors (Lipinski definition) is 3. The number of urea groups is 1. The van der Waals surface area contributed by atoms with E-state index in [2.05, 4.69) is 30.9 Å². The molecule has 0 aliphatic carbocycles. The van der Waals surface area contributed by atoms with Gasteiger partial charge in [-0.2, -0.15) is 0 Å².